The van der Waals surface area contributed by atoms with Gasteiger partial charge in [-0.2, -0.15) is 0 Å². The summed E-state index contributed by atoms with van der Waals surface area (Å²) >= 11 is 0. The largest absolute Gasteiger partial charge is 0.348 e. The summed E-state index contributed by atoms with van der Waals surface area (Å²) in [5.41, 5.74) is 4.96. The van der Waals surface area contributed by atoms with Gasteiger partial charge >= 0.3 is 0 Å². The van der Waals surface area contributed by atoms with Crippen LogP contribution in [0, 0.1) is 0 Å². The molecule has 9 nitrogen and oxygen atoms in total. The number of fused-ring (bicyclic) bond motifs is 2. The van der Waals surface area contributed by atoms with Crippen molar-refractivity contribution >= 4 is 40.6 Å². The second kappa shape index (κ2) is 9.90. The van der Waals surface area contributed by atoms with Gasteiger partial charge in [0.1, 0.15) is 5.82 Å². The monoisotopic (exact) mass is 512 g/mol. The number of aromatic nitrogens is 1. The van der Waals surface area contributed by atoms with Gasteiger partial charge in [0, 0.05) is 47.5 Å². The molecule has 0 aliphatic carbocycles. The van der Waals surface area contributed by atoms with E-state index in [1.54, 1.807) is 30.5 Å². The van der Waals surface area contributed by atoms with Crippen LogP contribution < -0.4 is 20.9 Å². The van der Waals surface area contributed by atoms with Crippen LogP contribution in [0.5, 0.6) is 0 Å². The van der Waals surface area contributed by atoms with Crippen LogP contribution in [0.4, 0.5) is 22.9 Å². The zero-order valence-corrected chi connectivity index (χ0v) is 22.1. The highest BCUT2D eigenvalue weighted by atomic mass is 16.2. The number of amides is 3. The van der Waals surface area contributed by atoms with Crippen LogP contribution in [0.15, 0.2) is 54.7 Å². The van der Waals surface area contributed by atoms with Crippen molar-refractivity contribution in [2.45, 2.75) is 32.2 Å². The Bertz CT molecular complexity index is 1430. The molecule has 0 fully saturated rings. The lowest BCUT2D eigenvalue weighted by Gasteiger charge is -2.39. The maximum atomic E-state index is 13.4. The van der Waals surface area contributed by atoms with Gasteiger partial charge in [-0.1, -0.05) is 26.0 Å². The van der Waals surface area contributed by atoms with E-state index in [1.807, 2.05) is 48.2 Å². The van der Waals surface area contributed by atoms with Gasteiger partial charge in [-0.3, -0.25) is 14.4 Å². The van der Waals surface area contributed by atoms with Crippen molar-refractivity contribution < 1.29 is 14.4 Å². The minimum Gasteiger partial charge on any atom is -0.348 e. The summed E-state index contributed by atoms with van der Waals surface area (Å²) in [6, 6.07) is 14.6. The van der Waals surface area contributed by atoms with Crippen molar-refractivity contribution in [2.75, 3.05) is 42.7 Å². The molecule has 0 bridgehead atoms. The Morgan fingerprint density at radius 3 is 2.74 bits per heavy atom. The third-order valence-electron chi connectivity index (χ3n) is 7.14. The molecule has 2 aliphatic rings. The number of hydrogen-bond acceptors (Lipinski definition) is 6. The number of hydrogen-bond donors (Lipinski definition) is 3. The molecule has 38 heavy (non-hydrogen) atoms. The number of likely N-dealkylation sites (N-methyl/N-ethyl adjacent to an activating group) is 1. The summed E-state index contributed by atoms with van der Waals surface area (Å²) < 4.78 is 0. The highest BCUT2D eigenvalue weighted by molar-refractivity contribution is 6.08. The van der Waals surface area contributed by atoms with Crippen LogP contribution in [0.2, 0.25) is 0 Å². The Labute approximate surface area is 222 Å². The molecule has 3 aromatic rings. The Morgan fingerprint density at radius 1 is 1.13 bits per heavy atom. The predicted octanol–water partition coefficient (Wildman–Crippen LogP) is 3.90. The summed E-state index contributed by atoms with van der Waals surface area (Å²) in [5, 5.41) is 9.05. The maximum Gasteiger partial charge on any atom is 0.259 e. The van der Waals surface area contributed by atoms with E-state index in [-0.39, 0.29) is 23.1 Å². The number of nitrogens with one attached hydrogen (secondary N) is 3. The number of rotatable bonds is 6. The van der Waals surface area contributed by atoms with Gasteiger partial charge < -0.3 is 25.8 Å². The van der Waals surface area contributed by atoms with E-state index in [0.717, 1.165) is 28.9 Å². The number of benzene rings is 2. The molecule has 196 valence electrons. The molecule has 0 radical (unpaired) electrons. The first-order valence-corrected chi connectivity index (χ1v) is 12.7. The first-order valence-electron chi connectivity index (χ1n) is 12.7. The van der Waals surface area contributed by atoms with Crippen LogP contribution in [0.3, 0.4) is 0 Å². The molecule has 3 heterocycles. The summed E-state index contributed by atoms with van der Waals surface area (Å²) in [6.07, 6.45) is 2.47. The average molecular weight is 513 g/mol. The van der Waals surface area contributed by atoms with Crippen molar-refractivity contribution in [1.82, 2.24) is 15.2 Å². The van der Waals surface area contributed by atoms with Gasteiger partial charge in [0.25, 0.3) is 11.8 Å². The molecule has 3 amide bonds. The lowest BCUT2D eigenvalue weighted by atomic mass is 9.77. The fourth-order valence-corrected chi connectivity index (χ4v) is 5.05. The summed E-state index contributed by atoms with van der Waals surface area (Å²) in [5.74, 6) is -0.0307. The summed E-state index contributed by atoms with van der Waals surface area (Å²) in [7, 11) is 3.75. The number of carbonyl (C=O) groups is 3. The van der Waals surface area contributed by atoms with Crippen molar-refractivity contribution in [3.05, 3.63) is 77.0 Å². The van der Waals surface area contributed by atoms with Crippen LogP contribution in [0.25, 0.3) is 0 Å². The lowest BCUT2D eigenvalue weighted by Crippen LogP contribution is -2.44. The zero-order chi connectivity index (χ0) is 27.0. The molecular weight excluding hydrogens is 480 g/mol. The van der Waals surface area contributed by atoms with Gasteiger partial charge in [-0.25, -0.2) is 4.98 Å². The quantitative estimate of drug-likeness (QED) is 0.463. The molecule has 2 aliphatic heterocycles. The molecule has 0 spiro atoms. The van der Waals surface area contributed by atoms with Crippen LogP contribution in [0.1, 0.15) is 52.1 Å². The molecule has 1 aromatic heterocycles. The number of carbonyl (C=O) groups excluding carboxylic acids is 3. The molecule has 9 heteroatoms. The Hall–Kier alpha value is -4.24. The fourth-order valence-electron chi connectivity index (χ4n) is 5.05. The minimum atomic E-state index is -0.330. The number of anilines is 4. The second-order valence-electron chi connectivity index (χ2n) is 10.6. The van der Waals surface area contributed by atoms with Crippen molar-refractivity contribution in [2.24, 2.45) is 0 Å². The number of pyridine rings is 1. The Morgan fingerprint density at radius 2 is 1.95 bits per heavy atom. The molecule has 0 saturated carbocycles. The highest BCUT2D eigenvalue weighted by Gasteiger charge is 2.34. The van der Waals surface area contributed by atoms with Crippen molar-refractivity contribution in [3.63, 3.8) is 0 Å². The van der Waals surface area contributed by atoms with E-state index in [0.29, 0.717) is 42.3 Å². The standard InChI is InChI=1S/C29H32N6O3/c1-29(2)12-14-35(25(36)17-34(3)4)24-15-18(10-11-22(24)29)32-28(38)20-8-6-13-30-26(20)33-23-9-5-7-19-21(23)16-31-27(19)37/h5-11,13,15H,12,14,16-17H2,1-4H3,(H,30,33)(H,31,37)(H,32,38). The van der Waals surface area contributed by atoms with Gasteiger partial charge in [0.2, 0.25) is 5.91 Å². The molecular formula is C29H32N6O3. The Balaban J connectivity index is 1.42. The van der Waals surface area contributed by atoms with Crippen LogP contribution in [-0.2, 0) is 16.8 Å². The van der Waals surface area contributed by atoms with E-state index < -0.39 is 0 Å². The maximum absolute atomic E-state index is 13.4. The normalized spacial score (nSPS) is 15.5. The summed E-state index contributed by atoms with van der Waals surface area (Å²) in [4.78, 5) is 46.6. The lowest BCUT2D eigenvalue weighted by molar-refractivity contribution is -0.119. The van der Waals surface area contributed by atoms with E-state index in [4.69, 9.17) is 0 Å². The zero-order valence-electron chi connectivity index (χ0n) is 22.1. The predicted molar refractivity (Wildman–Crippen MR) is 148 cm³/mol. The van der Waals surface area contributed by atoms with E-state index in [9.17, 15) is 14.4 Å². The Kier molecular flexibility index (Phi) is 6.62. The molecule has 2 aromatic carbocycles. The topological polar surface area (TPSA) is 107 Å². The minimum absolute atomic E-state index is 0.0253. The highest BCUT2D eigenvalue weighted by Crippen LogP contribution is 2.41. The fraction of sp³-hybridized carbons (Fsp3) is 0.310. The molecule has 0 unspecified atom stereocenters. The SMILES string of the molecule is CN(C)CC(=O)N1CCC(C)(C)c2ccc(NC(=O)c3cccnc3Nc3cccc4c3CNC4=O)cc21. The molecule has 5 rings (SSSR count). The van der Waals surface area contributed by atoms with Gasteiger partial charge in [-0.05, 0) is 67.9 Å². The smallest absolute Gasteiger partial charge is 0.259 e. The summed E-state index contributed by atoms with van der Waals surface area (Å²) in [6.45, 7) is 5.70. The average Bonchev–Trinajstić information content (AvgIpc) is 3.25. The van der Waals surface area contributed by atoms with Crippen molar-refractivity contribution in [1.29, 1.82) is 0 Å². The van der Waals surface area contributed by atoms with Crippen LogP contribution in [-0.4, -0.2) is 54.8 Å². The molecule has 0 atom stereocenters. The van der Waals surface area contributed by atoms with Crippen molar-refractivity contribution in [3.8, 4) is 0 Å². The van der Waals surface area contributed by atoms with E-state index >= 15 is 0 Å². The second-order valence-corrected chi connectivity index (χ2v) is 10.6. The van der Waals surface area contributed by atoms with Crippen LogP contribution >= 0.6 is 0 Å². The van der Waals surface area contributed by atoms with E-state index in [1.165, 1.54) is 0 Å². The molecule has 3 N–H and O–H groups in total. The first kappa shape index (κ1) is 25.4. The van der Waals surface area contributed by atoms with Gasteiger partial charge in [0.15, 0.2) is 0 Å². The van der Waals surface area contributed by atoms with Gasteiger partial charge in [-0.15, -0.1) is 0 Å². The van der Waals surface area contributed by atoms with Gasteiger partial charge in [0.05, 0.1) is 12.1 Å². The molecule has 0 saturated heterocycles. The number of nitrogens with zero attached hydrogens (tertiary/aromatic N) is 3. The third kappa shape index (κ3) is 4.84. The van der Waals surface area contributed by atoms with E-state index in [2.05, 4.69) is 34.8 Å². The first-order chi connectivity index (χ1) is 18.1. The third-order valence-corrected chi connectivity index (χ3v) is 7.14.